The molecule has 32 heavy (non-hydrogen) atoms. The minimum absolute atomic E-state index is 0.0524. The number of nitrogens with one attached hydrogen (secondary N) is 1. The van der Waals surface area contributed by atoms with Gasteiger partial charge in [0.1, 0.15) is 18.8 Å². The molecule has 3 aliphatic rings. The van der Waals surface area contributed by atoms with E-state index < -0.39 is 5.97 Å². The molecule has 1 aliphatic carbocycles. The number of carbonyl (C=O) groups excluding carboxylic acids is 2. The van der Waals surface area contributed by atoms with Crippen LogP contribution in [0.2, 0.25) is 0 Å². The number of carboxylic acids is 1. The molecule has 0 unspecified atom stereocenters. The van der Waals surface area contributed by atoms with Crippen molar-refractivity contribution < 1.29 is 24.2 Å². The Hall–Kier alpha value is -3.10. The third-order valence-corrected chi connectivity index (χ3v) is 6.25. The predicted molar refractivity (Wildman–Crippen MR) is 118 cm³/mol. The average molecular weight is 443 g/mol. The molecular formula is C23H30N4O5. The summed E-state index contributed by atoms with van der Waals surface area (Å²) in [6.45, 7) is 1.21. The van der Waals surface area contributed by atoms with Crippen molar-refractivity contribution in [1.82, 2.24) is 15.1 Å². The number of nitrogens with zero attached hydrogens (tertiary/aromatic N) is 3. The van der Waals surface area contributed by atoms with Crippen LogP contribution in [0, 0.1) is 0 Å². The average Bonchev–Trinajstić information content (AvgIpc) is 3.41. The molecule has 9 nitrogen and oxygen atoms in total. The molecule has 0 atom stereocenters. The van der Waals surface area contributed by atoms with Gasteiger partial charge in [-0.2, -0.15) is 0 Å². The summed E-state index contributed by atoms with van der Waals surface area (Å²) in [6.07, 6.45) is 6.66. The maximum Gasteiger partial charge on any atom is 0.323 e. The Morgan fingerprint density at radius 3 is 2.78 bits per heavy atom. The highest BCUT2D eigenvalue weighted by Gasteiger charge is 2.30. The van der Waals surface area contributed by atoms with Crippen molar-refractivity contribution in [3.63, 3.8) is 0 Å². The van der Waals surface area contributed by atoms with Crippen LogP contribution in [0.3, 0.4) is 0 Å². The molecule has 0 bridgehead atoms. The molecule has 9 heteroatoms. The minimum Gasteiger partial charge on any atom is -0.493 e. The van der Waals surface area contributed by atoms with E-state index in [4.69, 9.17) is 9.84 Å². The molecule has 0 aromatic heterocycles. The molecule has 2 amide bonds. The highest BCUT2D eigenvalue weighted by molar-refractivity contribution is 6.05. The van der Waals surface area contributed by atoms with Crippen molar-refractivity contribution in [2.24, 2.45) is 4.99 Å². The summed E-state index contributed by atoms with van der Waals surface area (Å²) in [7, 11) is 0. The second kappa shape index (κ2) is 10.0. The number of guanidine groups is 1. The van der Waals surface area contributed by atoms with Crippen LogP contribution in [0.25, 0.3) is 0 Å². The third-order valence-electron chi connectivity index (χ3n) is 6.25. The number of amides is 2. The largest absolute Gasteiger partial charge is 0.493 e. The first-order valence-electron chi connectivity index (χ1n) is 11.4. The van der Waals surface area contributed by atoms with E-state index in [9.17, 15) is 14.4 Å². The fourth-order valence-corrected chi connectivity index (χ4v) is 4.64. The van der Waals surface area contributed by atoms with E-state index in [1.807, 2.05) is 23.1 Å². The number of aliphatic imine (C=N–C) groups is 1. The standard InChI is InChI=1S/C23H30N4O5/c28-20-14-26-13-17-18(24-23(26)25-20)9-6-10-19(17)32-12-5-1-2-11-21(29)27(15-22(30)31)16-7-3-4-8-16/h6,9-10,16H,1-5,7-8,11-15H2,(H,30,31)(H,24,25,28). The molecule has 1 aromatic rings. The van der Waals surface area contributed by atoms with Gasteiger partial charge in [-0.05, 0) is 44.2 Å². The second-order valence-corrected chi connectivity index (χ2v) is 8.61. The zero-order valence-corrected chi connectivity index (χ0v) is 18.2. The van der Waals surface area contributed by atoms with Gasteiger partial charge in [-0.3, -0.25) is 19.7 Å². The molecule has 2 N–H and O–H groups in total. The summed E-state index contributed by atoms with van der Waals surface area (Å²) in [5, 5.41) is 11.9. The highest BCUT2D eigenvalue weighted by atomic mass is 16.5. The summed E-state index contributed by atoms with van der Waals surface area (Å²) >= 11 is 0. The molecular weight excluding hydrogens is 412 g/mol. The van der Waals surface area contributed by atoms with E-state index >= 15 is 0 Å². The van der Waals surface area contributed by atoms with Crippen LogP contribution in [0.5, 0.6) is 5.75 Å². The molecule has 2 aliphatic heterocycles. The summed E-state index contributed by atoms with van der Waals surface area (Å²) in [4.78, 5) is 43.3. The highest BCUT2D eigenvalue weighted by Crippen LogP contribution is 2.34. The maximum atomic E-state index is 12.6. The number of carboxylic acid groups (broad SMARTS) is 1. The van der Waals surface area contributed by atoms with E-state index in [2.05, 4.69) is 10.3 Å². The van der Waals surface area contributed by atoms with Gasteiger partial charge in [0.25, 0.3) is 0 Å². The van der Waals surface area contributed by atoms with Crippen molar-refractivity contribution in [1.29, 1.82) is 0 Å². The fourth-order valence-electron chi connectivity index (χ4n) is 4.64. The van der Waals surface area contributed by atoms with Crippen molar-refractivity contribution in [3.05, 3.63) is 23.8 Å². The van der Waals surface area contributed by atoms with Crippen LogP contribution in [0.4, 0.5) is 5.69 Å². The number of benzene rings is 1. The summed E-state index contributed by atoms with van der Waals surface area (Å²) in [5.41, 5.74) is 1.79. The van der Waals surface area contributed by atoms with Gasteiger partial charge in [-0.25, -0.2) is 4.99 Å². The molecule has 0 spiro atoms. The lowest BCUT2D eigenvalue weighted by Gasteiger charge is -2.27. The van der Waals surface area contributed by atoms with E-state index in [0.717, 1.165) is 55.5 Å². The lowest BCUT2D eigenvalue weighted by molar-refractivity contribution is -0.146. The number of ether oxygens (including phenoxy) is 1. The van der Waals surface area contributed by atoms with E-state index in [0.29, 0.717) is 38.5 Å². The predicted octanol–water partition coefficient (Wildman–Crippen LogP) is 2.41. The SMILES string of the molecule is O=C(O)CN(C(=O)CCCCCOc1cccc2c1CN1CC(=O)NC1=N2)C1CCCC1. The lowest BCUT2D eigenvalue weighted by Crippen LogP contribution is -2.42. The number of hydrogen-bond acceptors (Lipinski definition) is 6. The van der Waals surface area contributed by atoms with Crippen LogP contribution >= 0.6 is 0 Å². The topological polar surface area (TPSA) is 112 Å². The molecule has 2 fully saturated rings. The lowest BCUT2D eigenvalue weighted by atomic mass is 10.1. The Labute approximate surface area is 187 Å². The number of fused-ring (bicyclic) bond motifs is 2. The van der Waals surface area contributed by atoms with Gasteiger partial charge in [0, 0.05) is 18.0 Å². The van der Waals surface area contributed by atoms with Gasteiger partial charge in [0.2, 0.25) is 17.8 Å². The summed E-state index contributed by atoms with van der Waals surface area (Å²) in [6, 6.07) is 5.80. The smallest absolute Gasteiger partial charge is 0.323 e. The quantitative estimate of drug-likeness (QED) is 0.538. The first-order valence-corrected chi connectivity index (χ1v) is 11.4. The van der Waals surface area contributed by atoms with E-state index in [1.165, 1.54) is 0 Å². The van der Waals surface area contributed by atoms with Gasteiger partial charge in [-0.1, -0.05) is 18.9 Å². The second-order valence-electron chi connectivity index (χ2n) is 8.61. The maximum absolute atomic E-state index is 12.6. The molecule has 1 saturated heterocycles. The molecule has 4 rings (SSSR count). The van der Waals surface area contributed by atoms with Crippen LogP contribution in [0.15, 0.2) is 23.2 Å². The third kappa shape index (κ3) is 5.20. The van der Waals surface area contributed by atoms with Crippen LogP contribution in [0.1, 0.15) is 56.9 Å². The zero-order chi connectivity index (χ0) is 22.5. The Morgan fingerprint density at radius 1 is 1.19 bits per heavy atom. The Morgan fingerprint density at radius 2 is 2.00 bits per heavy atom. The van der Waals surface area contributed by atoms with E-state index in [1.54, 1.807) is 4.90 Å². The van der Waals surface area contributed by atoms with Crippen LogP contribution in [-0.2, 0) is 20.9 Å². The first-order chi connectivity index (χ1) is 15.5. The first kappa shape index (κ1) is 22.1. The Bertz CT molecular complexity index is 910. The summed E-state index contributed by atoms with van der Waals surface area (Å²) in [5.74, 6) is 0.312. The number of carbonyl (C=O) groups is 3. The molecule has 1 saturated carbocycles. The van der Waals surface area contributed by atoms with Crippen molar-refractivity contribution in [3.8, 4) is 5.75 Å². The normalized spacial score (nSPS) is 17.4. The molecule has 1 aromatic carbocycles. The number of aliphatic carboxylic acids is 1. The monoisotopic (exact) mass is 442 g/mol. The van der Waals surface area contributed by atoms with Gasteiger partial charge >= 0.3 is 5.97 Å². The summed E-state index contributed by atoms with van der Waals surface area (Å²) < 4.78 is 5.99. The Kier molecular flexibility index (Phi) is 6.92. The molecule has 172 valence electrons. The molecule has 2 heterocycles. The van der Waals surface area contributed by atoms with Gasteiger partial charge < -0.3 is 19.6 Å². The molecule has 0 radical (unpaired) electrons. The zero-order valence-electron chi connectivity index (χ0n) is 18.2. The van der Waals surface area contributed by atoms with Gasteiger partial charge in [0.05, 0.1) is 18.8 Å². The van der Waals surface area contributed by atoms with Gasteiger partial charge in [-0.15, -0.1) is 0 Å². The van der Waals surface area contributed by atoms with Gasteiger partial charge in [0.15, 0.2) is 0 Å². The minimum atomic E-state index is -0.949. The van der Waals surface area contributed by atoms with Crippen molar-refractivity contribution in [2.45, 2.75) is 64.0 Å². The van der Waals surface area contributed by atoms with Crippen molar-refractivity contribution >= 4 is 29.4 Å². The van der Waals surface area contributed by atoms with Crippen molar-refractivity contribution in [2.75, 3.05) is 19.7 Å². The van der Waals surface area contributed by atoms with Crippen LogP contribution < -0.4 is 10.1 Å². The Balaban J connectivity index is 1.21. The fraction of sp³-hybridized carbons (Fsp3) is 0.565. The number of rotatable bonds is 10. The number of hydrogen-bond donors (Lipinski definition) is 2. The van der Waals surface area contributed by atoms with Crippen LogP contribution in [-0.4, -0.2) is 64.4 Å². The number of unbranched alkanes of at least 4 members (excludes halogenated alkanes) is 2. The van der Waals surface area contributed by atoms with E-state index in [-0.39, 0.29) is 24.4 Å².